The Kier molecular flexibility index (Phi) is 7.52. The number of nitrogens with one attached hydrogen (secondary N) is 2. The highest BCUT2D eigenvalue weighted by Crippen LogP contribution is 2.21. The summed E-state index contributed by atoms with van der Waals surface area (Å²) in [6.45, 7) is -0.252. The van der Waals surface area contributed by atoms with Crippen LogP contribution in [0.4, 0.5) is 11.4 Å². The van der Waals surface area contributed by atoms with Gasteiger partial charge in [-0.3, -0.25) is 24.5 Å². The second-order valence-electron chi connectivity index (χ2n) is 5.43. The van der Waals surface area contributed by atoms with Crippen LogP contribution in [-0.2, 0) is 14.3 Å². The van der Waals surface area contributed by atoms with Gasteiger partial charge < -0.3 is 15.4 Å². The number of hydrogen-bond acceptors (Lipinski definition) is 7. The van der Waals surface area contributed by atoms with Crippen LogP contribution in [0.5, 0.6) is 0 Å². The van der Waals surface area contributed by atoms with Gasteiger partial charge in [-0.1, -0.05) is 6.07 Å². The Balaban J connectivity index is 1.88. The normalized spacial score (nSPS) is 10.0. The molecular weight excluding hydrogens is 386 g/mol. The van der Waals surface area contributed by atoms with Gasteiger partial charge in [-0.2, -0.15) is 0 Å². The van der Waals surface area contributed by atoms with Crippen molar-refractivity contribution < 1.29 is 24.0 Å². The number of anilines is 1. The predicted molar refractivity (Wildman–Crippen MR) is 103 cm³/mol. The first-order valence-corrected chi connectivity index (χ1v) is 9.00. The number of non-ortho nitro benzene ring substituents is 1. The predicted octanol–water partition coefficient (Wildman–Crippen LogP) is 2.23. The molecule has 2 aromatic carbocycles. The number of methoxy groups -OCH3 is 1. The molecule has 0 bridgehead atoms. The number of hydrogen-bond donors (Lipinski definition) is 2. The van der Waals surface area contributed by atoms with Crippen molar-refractivity contribution in [2.45, 2.75) is 4.90 Å². The Bertz CT molecular complexity index is 885. The maximum absolute atomic E-state index is 12.1. The Morgan fingerprint density at radius 2 is 1.86 bits per heavy atom. The minimum atomic E-state index is -0.568. The standard InChI is InChI=1S/C18H17N3O6S/c1-27-17(23)10-19-18(24)12-3-2-4-13(9-12)20-16(22)11-28-15-7-5-14(6-8-15)21(25)26/h2-9H,10-11H2,1H3,(H,19,24)(H,20,22). The summed E-state index contributed by atoms with van der Waals surface area (Å²) in [7, 11) is 1.22. The zero-order valence-corrected chi connectivity index (χ0v) is 15.7. The molecule has 0 radical (unpaired) electrons. The van der Waals surface area contributed by atoms with Crippen molar-refractivity contribution in [3.8, 4) is 0 Å². The third-order valence-corrected chi connectivity index (χ3v) is 4.46. The summed E-state index contributed by atoms with van der Waals surface area (Å²) in [6, 6.07) is 12.2. The highest BCUT2D eigenvalue weighted by Gasteiger charge is 2.10. The molecule has 0 aliphatic rings. The van der Waals surface area contributed by atoms with Crippen LogP contribution >= 0.6 is 11.8 Å². The molecule has 0 aromatic heterocycles. The summed E-state index contributed by atoms with van der Waals surface area (Å²) in [5.41, 5.74) is 0.695. The molecule has 28 heavy (non-hydrogen) atoms. The molecule has 2 amide bonds. The molecule has 10 heteroatoms. The number of esters is 1. The van der Waals surface area contributed by atoms with E-state index in [0.717, 1.165) is 4.90 Å². The fraction of sp³-hybridized carbons (Fsp3) is 0.167. The van der Waals surface area contributed by atoms with Gasteiger partial charge in [0.25, 0.3) is 11.6 Å². The molecule has 146 valence electrons. The van der Waals surface area contributed by atoms with Crippen molar-refractivity contribution in [3.05, 3.63) is 64.2 Å². The Morgan fingerprint density at radius 1 is 1.14 bits per heavy atom. The number of thioether (sulfide) groups is 1. The molecule has 2 rings (SSSR count). The molecule has 0 saturated heterocycles. The van der Waals surface area contributed by atoms with Crippen LogP contribution in [0.1, 0.15) is 10.4 Å². The zero-order chi connectivity index (χ0) is 20.5. The molecule has 0 aliphatic heterocycles. The van der Waals surface area contributed by atoms with Gasteiger partial charge in [-0.05, 0) is 30.3 Å². The average Bonchev–Trinajstić information content (AvgIpc) is 2.70. The fourth-order valence-corrected chi connectivity index (χ4v) is 2.77. The van der Waals surface area contributed by atoms with E-state index in [1.165, 1.54) is 37.1 Å². The van der Waals surface area contributed by atoms with Gasteiger partial charge in [0, 0.05) is 28.3 Å². The molecule has 2 aromatic rings. The molecule has 0 aliphatic carbocycles. The van der Waals surface area contributed by atoms with Crippen molar-refractivity contribution in [2.75, 3.05) is 24.7 Å². The molecule has 0 unspecified atom stereocenters. The summed E-state index contributed by atoms with van der Waals surface area (Å²) < 4.78 is 4.45. The number of nitrogens with zero attached hydrogens (tertiary/aromatic N) is 1. The highest BCUT2D eigenvalue weighted by atomic mass is 32.2. The number of nitro benzene ring substituents is 1. The molecule has 9 nitrogen and oxygen atoms in total. The first kappa shape index (κ1) is 20.9. The number of carbonyl (C=O) groups excluding carboxylic acids is 3. The first-order chi connectivity index (χ1) is 13.4. The second kappa shape index (κ2) is 10.1. The number of rotatable bonds is 8. The largest absolute Gasteiger partial charge is 0.468 e. The highest BCUT2D eigenvalue weighted by molar-refractivity contribution is 8.00. The van der Waals surface area contributed by atoms with E-state index in [2.05, 4.69) is 15.4 Å². The summed E-state index contributed by atoms with van der Waals surface area (Å²) in [4.78, 5) is 46.0. The van der Waals surface area contributed by atoms with Crippen molar-refractivity contribution in [3.63, 3.8) is 0 Å². The van der Waals surface area contributed by atoms with Crippen LogP contribution in [0, 0.1) is 10.1 Å². The summed E-state index contributed by atoms with van der Waals surface area (Å²) >= 11 is 1.23. The Hall–Kier alpha value is -3.40. The van der Waals surface area contributed by atoms with E-state index in [9.17, 15) is 24.5 Å². The average molecular weight is 403 g/mol. The third kappa shape index (κ3) is 6.40. The Labute approximate surface area is 164 Å². The quantitative estimate of drug-likeness (QED) is 0.299. The van der Waals surface area contributed by atoms with E-state index >= 15 is 0 Å². The van der Waals surface area contributed by atoms with Gasteiger partial charge in [-0.15, -0.1) is 11.8 Å². The van der Waals surface area contributed by atoms with Crippen LogP contribution in [0.25, 0.3) is 0 Å². The van der Waals surface area contributed by atoms with Gasteiger partial charge in [0.1, 0.15) is 6.54 Å². The monoisotopic (exact) mass is 403 g/mol. The van der Waals surface area contributed by atoms with Gasteiger partial charge in [0.05, 0.1) is 17.8 Å². The number of benzene rings is 2. The number of ether oxygens (including phenoxy) is 1. The van der Waals surface area contributed by atoms with Crippen LogP contribution < -0.4 is 10.6 Å². The van der Waals surface area contributed by atoms with E-state index in [-0.39, 0.29) is 29.5 Å². The van der Waals surface area contributed by atoms with Crippen LogP contribution in [-0.4, -0.2) is 42.1 Å². The van der Waals surface area contributed by atoms with E-state index in [0.29, 0.717) is 5.69 Å². The van der Waals surface area contributed by atoms with Gasteiger partial charge in [0.2, 0.25) is 5.91 Å². The molecular formula is C18H17N3O6S. The fourth-order valence-electron chi connectivity index (χ4n) is 2.07. The minimum Gasteiger partial charge on any atom is -0.468 e. The van der Waals surface area contributed by atoms with E-state index < -0.39 is 16.8 Å². The lowest BCUT2D eigenvalue weighted by molar-refractivity contribution is -0.384. The molecule has 0 fully saturated rings. The first-order valence-electron chi connectivity index (χ1n) is 8.01. The molecule has 2 N–H and O–H groups in total. The lowest BCUT2D eigenvalue weighted by Crippen LogP contribution is -2.30. The zero-order valence-electron chi connectivity index (χ0n) is 14.8. The van der Waals surface area contributed by atoms with E-state index in [4.69, 9.17) is 0 Å². The van der Waals surface area contributed by atoms with Gasteiger partial charge in [0.15, 0.2) is 0 Å². The molecule has 0 saturated carbocycles. The smallest absolute Gasteiger partial charge is 0.325 e. The molecule has 0 spiro atoms. The van der Waals surface area contributed by atoms with E-state index in [1.807, 2.05) is 0 Å². The van der Waals surface area contributed by atoms with Crippen LogP contribution in [0.3, 0.4) is 0 Å². The van der Waals surface area contributed by atoms with Gasteiger partial charge >= 0.3 is 5.97 Å². The SMILES string of the molecule is COC(=O)CNC(=O)c1cccc(NC(=O)CSc2ccc([N+](=O)[O-])cc2)c1. The maximum atomic E-state index is 12.1. The summed E-state index contributed by atoms with van der Waals surface area (Å²) in [6.07, 6.45) is 0. The number of carbonyl (C=O) groups is 3. The third-order valence-electron chi connectivity index (χ3n) is 3.45. The lowest BCUT2D eigenvalue weighted by Gasteiger charge is -2.08. The summed E-state index contributed by atoms with van der Waals surface area (Å²) in [5.74, 6) is -1.24. The van der Waals surface area contributed by atoms with Crippen molar-refractivity contribution in [2.24, 2.45) is 0 Å². The van der Waals surface area contributed by atoms with E-state index in [1.54, 1.807) is 30.3 Å². The minimum absolute atomic E-state index is 0.0175. The molecule has 0 heterocycles. The van der Waals surface area contributed by atoms with Gasteiger partial charge in [-0.25, -0.2) is 0 Å². The van der Waals surface area contributed by atoms with Crippen LogP contribution in [0.15, 0.2) is 53.4 Å². The number of amides is 2. The number of nitro groups is 1. The van der Waals surface area contributed by atoms with Crippen molar-refractivity contribution in [1.82, 2.24) is 5.32 Å². The Morgan fingerprint density at radius 3 is 2.50 bits per heavy atom. The van der Waals surface area contributed by atoms with Crippen molar-refractivity contribution in [1.29, 1.82) is 0 Å². The molecule has 0 atom stereocenters. The summed E-state index contributed by atoms with van der Waals surface area (Å²) in [5, 5.41) is 15.7. The van der Waals surface area contributed by atoms with Crippen LogP contribution in [0.2, 0.25) is 0 Å². The lowest BCUT2D eigenvalue weighted by atomic mass is 10.2. The maximum Gasteiger partial charge on any atom is 0.325 e. The second-order valence-corrected chi connectivity index (χ2v) is 6.48. The van der Waals surface area contributed by atoms with Crippen molar-refractivity contribution >= 4 is 40.9 Å². The topological polar surface area (TPSA) is 128 Å².